The minimum absolute atomic E-state index is 0.387. The average molecular weight is 265 g/mol. The van der Waals surface area contributed by atoms with Gasteiger partial charge in [0, 0.05) is 5.02 Å². The summed E-state index contributed by atoms with van der Waals surface area (Å²) in [5, 5.41) is 11.2. The molecule has 2 aliphatic carbocycles. The first kappa shape index (κ1) is 12.5. The molecule has 18 heavy (non-hydrogen) atoms. The van der Waals surface area contributed by atoms with Gasteiger partial charge in [0.1, 0.15) is 0 Å². The molecule has 4 unspecified atom stereocenters. The van der Waals surface area contributed by atoms with Gasteiger partial charge in [-0.15, -0.1) is 0 Å². The van der Waals surface area contributed by atoms with Gasteiger partial charge in [-0.3, -0.25) is 0 Å². The van der Waals surface area contributed by atoms with E-state index in [2.05, 4.69) is 0 Å². The van der Waals surface area contributed by atoms with Crippen molar-refractivity contribution in [3.05, 3.63) is 34.3 Å². The van der Waals surface area contributed by atoms with Gasteiger partial charge in [0.15, 0.2) is 0 Å². The van der Waals surface area contributed by atoms with E-state index in [-0.39, 0.29) is 6.10 Å². The largest absolute Gasteiger partial charge is 0.388 e. The topological polar surface area (TPSA) is 20.2 Å². The molecular formula is C16H21ClO. The molecule has 3 rings (SSSR count). The summed E-state index contributed by atoms with van der Waals surface area (Å²) in [5.74, 6) is 2.53. The van der Waals surface area contributed by atoms with Crippen LogP contribution in [-0.2, 0) is 0 Å². The molecule has 0 radical (unpaired) electrons. The molecule has 2 heteroatoms. The molecule has 2 saturated carbocycles. The third-order valence-corrected chi connectivity index (χ3v) is 5.51. The number of rotatable bonds is 3. The number of hydrogen-bond donors (Lipinski definition) is 1. The molecular weight excluding hydrogens is 244 g/mol. The predicted octanol–water partition coefficient (Wildman–Crippen LogP) is 4.51. The Kier molecular flexibility index (Phi) is 3.38. The van der Waals surface area contributed by atoms with Gasteiger partial charge >= 0.3 is 0 Å². The summed E-state index contributed by atoms with van der Waals surface area (Å²) >= 11 is 6.29. The zero-order valence-corrected chi connectivity index (χ0v) is 11.7. The number of aryl methyl sites for hydroxylation is 1. The van der Waals surface area contributed by atoms with Crippen molar-refractivity contribution in [2.24, 2.45) is 17.8 Å². The number of aliphatic hydroxyl groups excluding tert-OH is 1. The zero-order valence-electron chi connectivity index (χ0n) is 10.9. The predicted molar refractivity (Wildman–Crippen MR) is 74.7 cm³/mol. The molecule has 0 amide bonds. The molecule has 0 saturated heterocycles. The van der Waals surface area contributed by atoms with Crippen molar-refractivity contribution in [1.29, 1.82) is 0 Å². The third-order valence-electron chi connectivity index (χ3n) is 4.99. The fraction of sp³-hybridized carbons (Fsp3) is 0.625. The molecule has 1 aromatic rings. The van der Waals surface area contributed by atoms with E-state index in [9.17, 15) is 5.11 Å². The number of benzene rings is 1. The van der Waals surface area contributed by atoms with Crippen molar-refractivity contribution in [2.75, 3.05) is 0 Å². The van der Waals surface area contributed by atoms with Gasteiger partial charge in [0.05, 0.1) is 6.10 Å². The van der Waals surface area contributed by atoms with Gasteiger partial charge in [-0.05, 0) is 61.5 Å². The smallest absolute Gasteiger partial charge is 0.0807 e. The van der Waals surface area contributed by atoms with Gasteiger partial charge in [-0.2, -0.15) is 0 Å². The van der Waals surface area contributed by atoms with Gasteiger partial charge < -0.3 is 5.11 Å². The quantitative estimate of drug-likeness (QED) is 0.852. The van der Waals surface area contributed by atoms with Crippen LogP contribution in [0.2, 0.25) is 5.02 Å². The first-order valence-corrected chi connectivity index (χ1v) is 7.46. The Hall–Kier alpha value is -0.530. The van der Waals surface area contributed by atoms with E-state index >= 15 is 0 Å². The lowest BCUT2D eigenvalue weighted by atomic mass is 9.83. The van der Waals surface area contributed by atoms with Crippen molar-refractivity contribution in [3.8, 4) is 0 Å². The molecule has 4 atom stereocenters. The van der Waals surface area contributed by atoms with E-state index in [0.29, 0.717) is 0 Å². The van der Waals surface area contributed by atoms with Crippen molar-refractivity contribution in [3.63, 3.8) is 0 Å². The maximum Gasteiger partial charge on any atom is 0.0807 e. The van der Waals surface area contributed by atoms with E-state index in [0.717, 1.165) is 40.3 Å². The fourth-order valence-electron chi connectivity index (χ4n) is 4.01. The minimum atomic E-state index is -0.387. The number of halogens is 1. The highest BCUT2D eigenvalue weighted by Gasteiger charge is 2.40. The van der Waals surface area contributed by atoms with E-state index in [4.69, 9.17) is 11.6 Å². The van der Waals surface area contributed by atoms with E-state index in [1.54, 1.807) is 0 Å². The Bertz CT molecular complexity index is 443. The maximum absolute atomic E-state index is 10.4. The number of aliphatic hydroxyl groups is 1. The highest BCUT2D eigenvalue weighted by molar-refractivity contribution is 6.32. The summed E-state index contributed by atoms with van der Waals surface area (Å²) in [7, 11) is 0. The second kappa shape index (κ2) is 4.86. The third kappa shape index (κ3) is 2.19. The Balaban J connectivity index is 1.71. The summed E-state index contributed by atoms with van der Waals surface area (Å²) in [5.41, 5.74) is 1.97. The van der Waals surface area contributed by atoms with E-state index in [1.807, 2.05) is 25.1 Å². The molecule has 0 aromatic heterocycles. The van der Waals surface area contributed by atoms with Crippen molar-refractivity contribution < 1.29 is 5.11 Å². The molecule has 0 heterocycles. The van der Waals surface area contributed by atoms with Crippen molar-refractivity contribution >= 4 is 11.6 Å². The van der Waals surface area contributed by atoms with Crippen LogP contribution in [0, 0.1) is 24.7 Å². The summed E-state index contributed by atoms with van der Waals surface area (Å²) in [4.78, 5) is 0. The molecule has 2 fully saturated rings. The summed E-state index contributed by atoms with van der Waals surface area (Å²) in [6.45, 7) is 2.00. The molecule has 2 aliphatic rings. The Morgan fingerprint density at radius 1 is 1.33 bits per heavy atom. The van der Waals surface area contributed by atoms with Gasteiger partial charge in [0.25, 0.3) is 0 Å². The maximum atomic E-state index is 10.4. The molecule has 0 aliphatic heterocycles. The van der Waals surface area contributed by atoms with E-state index in [1.165, 1.54) is 25.7 Å². The van der Waals surface area contributed by atoms with Crippen LogP contribution < -0.4 is 0 Å². The van der Waals surface area contributed by atoms with Gasteiger partial charge in [-0.1, -0.05) is 36.2 Å². The zero-order chi connectivity index (χ0) is 12.7. The fourth-order valence-corrected chi connectivity index (χ4v) is 4.26. The molecule has 1 nitrogen and oxygen atoms in total. The van der Waals surface area contributed by atoms with Crippen LogP contribution in [0.15, 0.2) is 18.2 Å². The number of fused-ring (bicyclic) bond motifs is 2. The van der Waals surface area contributed by atoms with Crippen molar-refractivity contribution in [2.45, 2.75) is 45.1 Å². The van der Waals surface area contributed by atoms with Crippen LogP contribution in [0.25, 0.3) is 0 Å². The molecule has 2 bridgehead atoms. The molecule has 0 spiro atoms. The lowest BCUT2D eigenvalue weighted by Gasteiger charge is -2.25. The van der Waals surface area contributed by atoms with Crippen LogP contribution in [0.1, 0.15) is 49.3 Å². The van der Waals surface area contributed by atoms with Crippen molar-refractivity contribution in [1.82, 2.24) is 0 Å². The lowest BCUT2D eigenvalue weighted by molar-refractivity contribution is 0.125. The average Bonchev–Trinajstić information content (AvgIpc) is 2.94. The second-order valence-corrected chi connectivity index (χ2v) is 6.54. The Morgan fingerprint density at radius 2 is 2.17 bits per heavy atom. The first-order valence-electron chi connectivity index (χ1n) is 7.08. The lowest BCUT2D eigenvalue weighted by Crippen LogP contribution is -2.14. The van der Waals surface area contributed by atoms with Gasteiger partial charge in [0.2, 0.25) is 0 Å². The normalized spacial score (nSPS) is 31.8. The summed E-state index contributed by atoms with van der Waals surface area (Å²) < 4.78 is 0. The van der Waals surface area contributed by atoms with Crippen LogP contribution in [0.5, 0.6) is 0 Å². The summed E-state index contributed by atoms with van der Waals surface area (Å²) in [6.07, 6.45) is 6.03. The summed E-state index contributed by atoms with van der Waals surface area (Å²) in [6, 6.07) is 5.95. The van der Waals surface area contributed by atoms with Gasteiger partial charge in [-0.25, -0.2) is 0 Å². The Labute approximate surface area is 114 Å². The van der Waals surface area contributed by atoms with Crippen LogP contribution in [-0.4, -0.2) is 5.11 Å². The highest BCUT2D eigenvalue weighted by atomic mass is 35.5. The first-order chi connectivity index (χ1) is 8.65. The van der Waals surface area contributed by atoms with Crippen LogP contribution in [0.4, 0.5) is 0 Å². The minimum Gasteiger partial charge on any atom is -0.388 e. The number of hydrogen-bond acceptors (Lipinski definition) is 1. The highest BCUT2D eigenvalue weighted by Crippen LogP contribution is 2.51. The monoisotopic (exact) mass is 264 g/mol. The van der Waals surface area contributed by atoms with Crippen LogP contribution >= 0.6 is 11.6 Å². The standard InChI is InChI=1S/C16H21ClO/c1-10-3-2-4-14(16(10)17)15(18)9-13-8-11-5-6-12(13)7-11/h2-4,11-13,15,18H,5-9H2,1H3. The van der Waals surface area contributed by atoms with E-state index < -0.39 is 0 Å². The molecule has 98 valence electrons. The second-order valence-electron chi connectivity index (χ2n) is 6.16. The molecule has 1 aromatic carbocycles. The SMILES string of the molecule is Cc1cccc(C(O)CC2CC3CCC2C3)c1Cl. The Morgan fingerprint density at radius 3 is 2.83 bits per heavy atom. The molecule has 1 N–H and O–H groups in total. The van der Waals surface area contributed by atoms with Crippen LogP contribution in [0.3, 0.4) is 0 Å².